The zero-order valence-corrected chi connectivity index (χ0v) is 9.52. The van der Waals surface area contributed by atoms with E-state index in [1.807, 2.05) is 0 Å². The van der Waals surface area contributed by atoms with Crippen molar-refractivity contribution >= 4 is 6.29 Å². The summed E-state index contributed by atoms with van der Waals surface area (Å²) in [4.78, 5) is 14.6. The SMILES string of the molecule is O=Cc1ccnc(-c2cccc(OC(F)(F)F)c2)c1. The summed E-state index contributed by atoms with van der Waals surface area (Å²) in [6.45, 7) is 0. The zero-order chi connectivity index (χ0) is 13.9. The minimum absolute atomic E-state index is 0.330. The van der Waals surface area contributed by atoms with Gasteiger partial charge in [-0.15, -0.1) is 13.2 Å². The number of nitrogens with zero attached hydrogens (tertiary/aromatic N) is 1. The van der Waals surface area contributed by atoms with E-state index in [0.29, 0.717) is 23.1 Å². The zero-order valence-electron chi connectivity index (χ0n) is 9.52. The highest BCUT2D eigenvalue weighted by Gasteiger charge is 2.31. The first-order chi connectivity index (χ1) is 8.98. The third kappa shape index (κ3) is 3.54. The molecule has 0 aliphatic rings. The van der Waals surface area contributed by atoms with Crippen molar-refractivity contribution in [1.29, 1.82) is 0 Å². The van der Waals surface area contributed by atoms with Crippen LogP contribution in [0, 0.1) is 0 Å². The van der Waals surface area contributed by atoms with Gasteiger partial charge in [-0.1, -0.05) is 12.1 Å². The number of carbonyl (C=O) groups is 1. The molecule has 19 heavy (non-hydrogen) atoms. The molecular weight excluding hydrogens is 259 g/mol. The highest BCUT2D eigenvalue weighted by molar-refractivity contribution is 5.77. The van der Waals surface area contributed by atoms with Gasteiger partial charge in [0.15, 0.2) is 0 Å². The molecule has 2 aromatic rings. The van der Waals surface area contributed by atoms with Crippen LogP contribution < -0.4 is 4.74 Å². The number of rotatable bonds is 3. The van der Waals surface area contributed by atoms with Gasteiger partial charge in [-0.3, -0.25) is 9.78 Å². The smallest absolute Gasteiger partial charge is 0.406 e. The molecular formula is C13H8F3NO2. The number of alkyl halides is 3. The molecule has 0 radical (unpaired) electrons. The van der Waals surface area contributed by atoms with Crippen molar-refractivity contribution in [3.63, 3.8) is 0 Å². The molecule has 3 nitrogen and oxygen atoms in total. The van der Waals surface area contributed by atoms with E-state index in [4.69, 9.17) is 0 Å². The van der Waals surface area contributed by atoms with Crippen LogP contribution in [0.1, 0.15) is 10.4 Å². The molecule has 1 aromatic carbocycles. The Labute approximate surface area is 106 Å². The highest BCUT2D eigenvalue weighted by Crippen LogP contribution is 2.27. The number of aromatic nitrogens is 1. The van der Waals surface area contributed by atoms with Crippen LogP contribution in [0.15, 0.2) is 42.6 Å². The summed E-state index contributed by atoms with van der Waals surface area (Å²) in [5.41, 5.74) is 1.23. The van der Waals surface area contributed by atoms with Crippen LogP contribution in [0.2, 0.25) is 0 Å². The Hall–Kier alpha value is -2.37. The van der Waals surface area contributed by atoms with Gasteiger partial charge in [-0.05, 0) is 24.3 Å². The van der Waals surface area contributed by atoms with Gasteiger partial charge >= 0.3 is 6.36 Å². The van der Waals surface area contributed by atoms with Gasteiger partial charge in [0.05, 0.1) is 5.69 Å². The summed E-state index contributed by atoms with van der Waals surface area (Å²) in [5.74, 6) is -0.330. The van der Waals surface area contributed by atoms with E-state index in [-0.39, 0.29) is 5.75 Å². The van der Waals surface area contributed by atoms with E-state index in [1.54, 1.807) is 6.07 Å². The van der Waals surface area contributed by atoms with Crippen LogP contribution in [0.4, 0.5) is 13.2 Å². The Morgan fingerprint density at radius 1 is 1.16 bits per heavy atom. The Morgan fingerprint density at radius 3 is 2.63 bits per heavy atom. The second-order valence-electron chi connectivity index (χ2n) is 3.67. The minimum atomic E-state index is -4.74. The van der Waals surface area contributed by atoms with Crippen LogP contribution in [-0.2, 0) is 0 Å². The molecule has 0 aliphatic carbocycles. The van der Waals surface area contributed by atoms with E-state index in [1.165, 1.54) is 36.5 Å². The maximum Gasteiger partial charge on any atom is 0.573 e. The number of ether oxygens (including phenoxy) is 1. The number of hydrogen-bond donors (Lipinski definition) is 0. The van der Waals surface area contributed by atoms with Crippen molar-refractivity contribution in [2.24, 2.45) is 0 Å². The molecule has 0 aliphatic heterocycles. The Bertz CT molecular complexity index is 596. The largest absolute Gasteiger partial charge is 0.573 e. The van der Waals surface area contributed by atoms with Gasteiger partial charge in [0, 0.05) is 17.3 Å². The summed E-state index contributed by atoms with van der Waals surface area (Å²) >= 11 is 0. The minimum Gasteiger partial charge on any atom is -0.406 e. The second-order valence-corrected chi connectivity index (χ2v) is 3.67. The van der Waals surface area contributed by atoms with Gasteiger partial charge in [-0.2, -0.15) is 0 Å². The van der Waals surface area contributed by atoms with E-state index in [0.717, 1.165) is 0 Å². The predicted molar refractivity (Wildman–Crippen MR) is 61.7 cm³/mol. The fraction of sp³-hybridized carbons (Fsp3) is 0.0769. The summed E-state index contributed by atoms with van der Waals surface area (Å²) < 4.78 is 40.2. The first kappa shape index (κ1) is 13.1. The molecule has 6 heteroatoms. The fourth-order valence-electron chi connectivity index (χ4n) is 1.53. The van der Waals surface area contributed by atoms with Gasteiger partial charge < -0.3 is 4.74 Å². The van der Waals surface area contributed by atoms with E-state index >= 15 is 0 Å². The van der Waals surface area contributed by atoms with Crippen molar-refractivity contribution in [2.45, 2.75) is 6.36 Å². The standard InChI is InChI=1S/C13H8F3NO2/c14-13(15,16)19-11-3-1-2-10(7-11)12-6-9(8-18)4-5-17-12/h1-8H. The van der Waals surface area contributed by atoms with Gasteiger partial charge in [-0.25, -0.2) is 0 Å². The van der Waals surface area contributed by atoms with Crippen molar-refractivity contribution in [1.82, 2.24) is 4.98 Å². The normalized spacial score (nSPS) is 11.1. The summed E-state index contributed by atoms with van der Waals surface area (Å²) in [5, 5.41) is 0. The van der Waals surface area contributed by atoms with Crippen LogP contribution in [0.25, 0.3) is 11.3 Å². The summed E-state index contributed by atoms with van der Waals surface area (Å²) in [6.07, 6.45) is -2.69. The average molecular weight is 267 g/mol. The van der Waals surface area contributed by atoms with Gasteiger partial charge in [0.2, 0.25) is 0 Å². The fourth-order valence-corrected chi connectivity index (χ4v) is 1.53. The van der Waals surface area contributed by atoms with Crippen LogP contribution in [0.5, 0.6) is 5.75 Å². The molecule has 98 valence electrons. The lowest BCUT2D eigenvalue weighted by atomic mass is 10.1. The topological polar surface area (TPSA) is 39.2 Å². The molecule has 0 spiro atoms. The predicted octanol–water partition coefficient (Wildman–Crippen LogP) is 3.46. The van der Waals surface area contributed by atoms with Crippen molar-refractivity contribution in [3.05, 3.63) is 48.2 Å². The first-order valence-electron chi connectivity index (χ1n) is 5.25. The Balaban J connectivity index is 2.34. The average Bonchev–Trinajstić information content (AvgIpc) is 2.37. The molecule has 0 fully saturated rings. The lowest BCUT2D eigenvalue weighted by molar-refractivity contribution is -0.274. The Morgan fingerprint density at radius 2 is 1.95 bits per heavy atom. The first-order valence-corrected chi connectivity index (χ1v) is 5.25. The van der Waals surface area contributed by atoms with Gasteiger partial charge in [0.1, 0.15) is 12.0 Å². The van der Waals surface area contributed by atoms with Gasteiger partial charge in [0.25, 0.3) is 0 Å². The van der Waals surface area contributed by atoms with E-state index in [2.05, 4.69) is 9.72 Å². The monoisotopic (exact) mass is 267 g/mol. The maximum absolute atomic E-state index is 12.1. The quantitative estimate of drug-likeness (QED) is 0.799. The molecule has 0 saturated carbocycles. The van der Waals surface area contributed by atoms with Crippen LogP contribution in [0.3, 0.4) is 0 Å². The molecule has 0 bridgehead atoms. The lowest BCUT2D eigenvalue weighted by Gasteiger charge is -2.09. The molecule has 0 unspecified atom stereocenters. The number of aldehydes is 1. The second kappa shape index (κ2) is 5.09. The van der Waals surface area contributed by atoms with E-state index < -0.39 is 6.36 Å². The summed E-state index contributed by atoms with van der Waals surface area (Å²) in [6, 6.07) is 8.41. The highest BCUT2D eigenvalue weighted by atomic mass is 19.4. The lowest BCUT2D eigenvalue weighted by Crippen LogP contribution is -2.17. The number of benzene rings is 1. The molecule has 0 saturated heterocycles. The molecule has 0 amide bonds. The van der Waals surface area contributed by atoms with Crippen molar-refractivity contribution in [2.75, 3.05) is 0 Å². The number of pyridine rings is 1. The number of carbonyl (C=O) groups excluding carboxylic acids is 1. The molecule has 1 aromatic heterocycles. The maximum atomic E-state index is 12.1. The number of halogens is 3. The van der Waals surface area contributed by atoms with E-state index in [9.17, 15) is 18.0 Å². The molecule has 0 N–H and O–H groups in total. The Kier molecular flexibility index (Phi) is 3.50. The number of hydrogen-bond acceptors (Lipinski definition) is 3. The van der Waals surface area contributed by atoms with Crippen molar-refractivity contribution in [3.8, 4) is 17.0 Å². The van der Waals surface area contributed by atoms with Crippen molar-refractivity contribution < 1.29 is 22.7 Å². The summed E-state index contributed by atoms with van der Waals surface area (Å²) in [7, 11) is 0. The molecule has 0 atom stereocenters. The molecule has 1 heterocycles. The van der Waals surface area contributed by atoms with Crippen LogP contribution >= 0.6 is 0 Å². The third-order valence-electron chi connectivity index (χ3n) is 2.28. The third-order valence-corrected chi connectivity index (χ3v) is 2.28. The van der Waals surface area contributed by atoms with Crippen LogP contribution in [-0.4, -0.2) is 17.6 Å². The molecule has 2 rings (SSSR count).